The number of rotatable bonds is 1. The predicted octanol–water partition coefficient (Wildman–Crippen LogP) is 1.13. The van der Waals surface area contributed by atoms with E-state index in [9.17, 15) is 0 Å². The van der Waals surface area contributed by atoms with E-state index in [1.165, 1.54) is 0 Å². The van der Waals surface area contributed by atoms with Gasteiger partial charge >= 0.3 is 0 Å². The molecule has 0 aromatic carbocycles. The van der Waals surface area contributed by atoms with E-state index in [1.54, 1.807) is 0 Å². The Labute approximate surface area is 91.3 Å². The third-order valence-electron chi connectivity index (χ3n) is 3.22. The van der Waals surface area contributed by atoms with Gasteiger partial charge in [-0.3, -0.25) is 0 Å². The fourth-order valence-electron chi connectivity index (χ4n) is 2.17. The summed E-state index contributed by atoms with van der Waals surface area (Å²) in [7, 11) is 0. The highest BCUT2D eigenvalue weighted by atomic mass is 15.0. The highest BCUT2D eigenvalue weighted by Crippen LogP contribution is 2.24. The van der Waals surface area contributed by atoms with Gasteiger partial charge in [0.2, 0.25) is 0 Å². The van der Waals surface area contributed by atoms with Gasteiger partial charge in [-0.25, -0.2) is 9.97 Å². The predicted molar refractivity (Wildman–Crippen MR) is 61.4 cm³/mol. The zero-order chi connectivity index (χ0) is 10.5. The van der Waals surface area contributed by atoms with E-state index in [4.69, 9.17) is 0 Å². The Morgan fingerprint density at radius 1 is 1.31 bits per heavy atom. The van der Waals surface area contributed by atoms with Crippen molar-refractivity contribution in [2.24, 2.45) is 0 Å². The first-order valence-electron chi connectivity index (χ1n) is 5.44. The third kappa shape index (κ3) is 0.979. The summed E-state index contributed by atoms with van der Waals surface area (Å²) in [4.78, 5) is 15.5. The summed E-state index contributed by atoms with van der Waals surface area (Å²) in [5.41, 5.74) is 2.94. The first-order chi connectivity index (χ1) is 7.92. The van der Waals surface area contributed by atoms with Crippen molar-refractivity contribution in [2.75, 3.05) is 13.1 Å². The molecule has 1 fully saturated rings. The molecule has 5 nitrogen and oxygen atoms in total. The minimum absolute atomic E-state index is 0.529. The molecule has 80 valence electrons. The third-order valence-corrected chi connectivity index (χ3v) is 3.22. The van der Waals surface area contributed by atoms with Crippen molar-refractivity contribution in [1.29, 1.82) is 0 Å². The molecular formula is C11H11N5. The largest absolute Gasteiger partial charge is 0.346 e. The smallest absolute Gasteiger partial charge is 0.139 e. The van der Waals surface area contributed by atoms with Crippen LogP contribution in [0.15, 0.2) is 18.5 Å². The van der Waals surface area contributed by atoms with E-state index in [0.29, 0.717) is 5.92 Å². The molecule has 0 unspecified atom stereocenters. The molecule has 0 amide bonds. The van der Waals surface area contributed by atoms with Gasteiger partial charge in [-0.05, 0) is 6.07 Å². The molecule has 1 aliphatic rings. The number of aromatic nitrogens is 4. The number of aromatic amines is 2. The molecule has 3 N–H and O–H groups in total. The highest BCUT2D eigenvalue weighted by Gasteiger charge is 2.22. The Morgan fingerprint density at radius 2 is 2.25 bits per heavy atom. The van der Waals surface area contributed by atoms with Crippen LogP contribution in [0.4, 0.5) is 0 Å². The van der Waals surface area contributed by atoms with E-state index >= 15 is 0 Å². The Bertz CT molecular complexity index is 661. The molecule has 3 aromatic rings. The van der Waals surface area contributed by atoms with Crippen LogP contribution in [-0.4, -0.2) is 33.0 Å². The summed E-state index contributed by atoms with van der Waals surface area (Å²) < 4.78 is 0. The summed E-state index contributed by atoms with van der Waals surface area (Å²) in [6.45, 7) is 2.03. The topological polar surface area (TPSA) is 69.4 Å². The van der Waals surface area contributed by atoms with Crippen molar-refractivity contribution in [3.05, 3.63) is 24.3 Å². The lowest BCUT2D eigenvalue weighted by atomic mass is 10.0. The highest BCUT2D eigenvalue weighted by molar-refractivity contribution is 6.00. The van der Waals surface area contributed by atoms with Gasteiger partial charge in [0.25, 0.3) is 0 Å². The summed E-state index contributed by atoms with van der Waals surface area (Å²) in [5.74, 6) is 1.60. The molecule has 16 heavy (non-hydrogen) atoms. The second-order valence-corrected chi connectivity index (χ2v) is 4.24. The zero-order valence-electron chi connectivity index (χ0n) is 8.62. The maximum absolute atomic E-state index is 4.68. The molecule has 0 aliphatic carbocycles. The number of pyridine rings is 1. The van der Waals surface area contributed by atoms with Crippen molar-refractivity contribution in [2.45, 2.75) is 5.92 Å². The summed E-state index contributed by atoms with van der Waals surface area (Å²) in [6, 6.07) is 2.02. The van der Waals surface area contributed by atoms with Crippen LogP contribution >= 0.6 is 0 Å². The molecule has 4 rings (SSSR count). The van der Waals surface area contributed by atoms with Gasteiger partial charge in [-0.2, -0.15) is 0 Å². The van der Waals surface area contributed by atoms with E-state index in [-0.39, 0.29) is 0 Å². The van der Waals surface area contributed by atoms with Gasteiger partial charge < -0.3 is 15.3 Å². The van der Waals surface area contributed by atoms with Gasteiger partial charge in [-0.1, -0.05) is 0 Å². The Kier molecular flexibility index (Phi) is 1.46. The van der Waals surface area contributed by atoms with Crippen molar-refractivity contribution in [3.8, 4) is 0 Å². The lowest BCUT2D eigenvalue weighted by molar-refractivity contribution is 0.433. The number of H-pyrrole nitrogens is 2. The average Bonchev–Trinajstić information content (AvgIpc) is 2.76. The molecule has 1 aliphatic heterocycles. The van der Waals surface area contributed by atoms with Crippen molar-refractivity contribution in [3.63, 3.8) is 0 Å². The quantitative estimate of drug-likeness (QED) is 0.567. The number of hydrogen-bond donors (Lipinski definition) is 3. The SMILES string of the molecule is c1cc2c(ncc3[nH]c(C4CNC4)nc32)[nH]1. The maximum Gasteiger partial charge on any atom is 0.139 e. The van der Waals surface area contributed by atoms with E-state index in [2.05, 4.69) is 25.3 Å². The first-order valence-corrected chi connectivity index (χ1v) is 5.44. The van der Waals surface area contributed by atoms with Gasteiger partial charge in [0, 0.05) is 30.6 Å². The number of imidazole rings is 1. The first kappa shape index (κ1) is 8.29. The standard InChI is InChI=1S/C11H11N5/c1-2-13-11-7(1)9-8(5-14-11)15-10(16-9)6-3-12-4-6/h1-2,5-6,12H,3-4H2,(H,13,14)(H,15,16). The normalized spacial score (nSPS) is 17.0. The molecule has 0 saturated carbocycles. The average molecular weight is 213 g/mol. The Hall–Kier alpha value is -1.88. The molecule has 1 saturated heterocycles. The van der Waals surface area contributed by atoms with Crippen molar-refractivity contribution < 1.29 is 0 Å². The fraction of sp³-hybridized carbons (Fsp3) is 0.273. The van der Waals surface area contributed by atoms with Gasteiger partial charge in [0.05, 0.1) is 11.7 Å². The summed E-state index contributed by atoms with van der Waals surface area (Å²) in [6.07, 6.45) is 3.74. The number of hydrogen-bond acceptors (Lipinski definition) is 3. The summed E-state index contributed by atoms with van der Waals surface area (Å²) >= 11 is 0. The van der Waals surface area contributed by atoms with E-state index in [0.717, 1.165) is 41.0 Å². The fourth-order valence-corrected chi connectivity index (χ4v) is 2.17. The lowest BCUT2D eigenvalue weighted by Gasteiger charge is -2.24. The minimum atomic E-state index is 0.529. The van der Waals surface area contributed by atoms with Crippen LogP contribution in [-0.2, 0) is 0 Å². The molecule has 3 aromatic heterocycles. The van der Waals surface area contributed by atoms with Crippen LogP contribution in [0.25, 0.3) is 22.1 Å². The van der Waals surface area contributed by atoms with Crippen LogP contribution in [0, 0.1) is 0 Å². The van der Waals surface area contributed by atoms with Crippen LogP contribution in [0.1, 0.15) is 11.7 Å². The molecule has 0 radical (unpaired) electrons. The second kappa shape index (κ2) is 2.82. The number of nitrogens with zero attached hydrogens (tertiary/aromatic N) is 2. The molecule has 0 spiro atoms. The Morgan fingerprint density at radius 3 is 3.06 bits per heavy atom. The minimum Gasteiger partial charge on any atom is -0.346 e. The van der Waals surface area contributed by atoms with Crippen LogP contribution < -0.4 is 5.32 Å². The van der Waals surface area contributed by atoms with Crippen LogP contribution in [0.3, 0.4) is 0 Å². The zero-order valence-corrected chi connectivity index (χ0v) is 8.62. The van der Waals surface area contributed by atoms with E-state index in [1.807, 2.05) is 18.5 Å². The van der Waals surface area contributed by atoms with Gasteiger partial charge in [0.1, 0.15) is 17.0 Å². The maximum atomic E-state index is 4.68. The monoisotopic (exact) mass is 213 g/mol. The molecular weight excluding hydrogens is 202 g/mol. The molecule has 0 bridgehead atoms. The summed E-state index contributed by atoms with van der Waals surface area (Å²) in [5, 5.41) is 4.34. The molecule has 5 heteroatoms. The Balaban J connectivity index is 2.01. The van der Waals surface area contributed by atoms with Crippen molar-refractivity contribution >= 4 is 22.1 Å². The van der Waals surface area contributed by atoms with E-state index < -0.39 is 0 Å². The number of nitrogens with one attached hydrogen (secondary N) is 3. The molecule has 4 heterocycles. The second-order valence-electron chi connectivity index (χ2n) is 4.24. The van der Waals surface area contributed by atoms with Gasteiger partial charge in [0.15, 0.2) is 0 Å². The van der Waals surface area contributed by atoms with Crippen LogP contribution in [0.2, 0.25) is 0 Å². The van der Waals surface area contributed by atoms with Crippen LogP contribution in [0.5, 0.6) is 0 Å². The molecule has 0 atom stereocenters. The number of fused-ring (bicyclic) bond motifs is 3. The lowest BCUT2D eigenvalue weighted by Crippen LogP contribution is -2.40. The van der Waals surface area contributed by atoms with Crippen molar-refractivity contribution in [1.82, 2.24) is 25.3 Å². The van der Waals surface area contributed by atoms with Gasteiger partial charge in [-0.15, -0.1) is 0 Å².